The lowest BCUT2D eigenvalue weighted by molar-refractivity contribution is 0.0773. The van der Waals surface area contributed by atoms with Crippen molar-refractivity contribution in [2.75, 3.05) is 42.9 Å². The van der Waals surface area contributed by atoms with Crippen LogP contribution in [-0.2, 0) is 0 Å². The summed E-state index contributed by atoms with van der Waals surface area (Å²) in [6.45, 7) is 12.8. The molecule has 2 fully saturated rings. The van der Waals surface area contributed by atoms with Gasteiger partial charge in [-0.05, 0) is 45.9 Å². The van der Waals surface area contributed by atoms with E-state index < -0.39 is 0 Å². The average Bonchev–Trinajstić information content (AvgIpc) is 3.67. The number of likely N-dealkylation sites (N-methyl/N-ethyl adjacent to an activating group) is 1. The Balaban J connectivity index is 1.22. The number of pyridine rings is 1. The fourth-order valence-electron chi connectivity index (χ4n) is 5.76. The molecule has 1 aromatic carbocycles. The highest BCUT2D eigenvalue weighted by Crippen LogP contribution is 2.34. The molecule has 1 N–H and O–H groups in total. The largest absolute Gasteiger partial charge is 0.339 e. The van der Waals surface area contributed by atoms with Crippen LogP contribution in [-0.4, -0.2) is 80.5 Å². The molecule has 1 amide bonds. The van der Waals surface area contributed by atoms with Crippen LogP contribution in [0.2, 0.25) is 0 Å². The molecule has 10 heteroatoms. The van der Waals surface area contributed by atoms with Gasteiger partial charge in [0.2, 0.25) is 5.95 Å². The van der Waals surface area contributed by atoms with Crippen LogP contribution in [0.4, 0.5) is 17.6 Å². The van der Waals surface area contributed by atoms with Gasteiger partial charge in [-0.3, -0.25) is 9.69 Å². The van der Waals surface area contributed by atoms with E-state index in [0.717, 1.165) is 57.9 Å². The van der Waals surface area contributed by atoms with Crippen molar-refractivity contribution in [3.63, 3.8) is 0 Å². The molecule has 0 spiro atoms. The number of anilines is 3. The van der Waals surface area contributed by atoms with Crippen molar-refractivity contribution in [2.45, 2.75) is 46.2 Å². The molecule has 2 atom stereocenters. The third kappa shape index (κ3) is 4.94. The highest BCUT2D eigenvalue weighted by Gasteiger charge is 2.43. The van der Waals surface area contributed by atoms with Gasteiger partial charge in [-0.2, -0.15) is 4.98 Å². The molecule has 0 radical (unpaired) electrons. The average molecular weight is 543 g/mol. The van der Waals surface area contributed by atoms with Crippen LogP contribution in [0.1, 0.15) is 43.2 Å². The molecule has 6 rings (SSSR count). The number of thiazole rings is 1. The first-order chi connectivity index (χ1) is 18.9. The van der Waals surface area contributed by atoms with E-state index in [9.17, 15) is 4.79 Å². The molecular formula is C29H34N8OS. The Hall–Kier alpha value is -3.63. The number of fused-ring (bicyclic) bond motifs is 3. The highest BCUT2D eigenvalue weighted by atomic mass is 32.1. The molecule has 2 bridgehead atoms. The van der Waals surface area contributed by atoms with Crippen LogP contribution in [0.5, 0.6) is 0 Å². The zero-order chi connectivity index (χ0) is 27.1. The van der Waals surface area contributed by atoms with Crippen molar-refractivity contribution >= 4 is 45.0 Å². The number of carbonyl (C=O) groups is 1. The zero-order valence-corrected chi connectivity index (χ0v) is 23.7. The van der Waals surface area contributed by atoms with E-state index in [1.165, 1.54) is 6.42 Å². The van der Waals surface area contributed by atoms with E-state index in [0.29, 0.717) is 36.6 Å². The van der Waals surface area contributed by atoms with Crippen LogP contribution in [0, 0.1) is 6.92 Å². The number of benzene rings is 1. The Morgan fingerprint density at radius 3 is 2.64 bits per heavy atom. The fraction of sp³-hybridized carbons (Fsp3) is 0.414. The predicted molar refractivity (Wildman–Crippen MR) is 157 cm³/mol. The minimum atomic E-state index is 0.0417. The van der Waals surface area contributed by atoms with Crippen molar-refractivity contribution in [2.24, 2.45) is 0 Å². The van der Waals surface area contributed by atoms with Crippen molar-refractivity contribution in [3.8, 4) is 10.6 Å². The maximum Gasteiger partial charge on any atom is 0.253 e. The second-order valence-electron chi connectivity index (χ2n) is 10.2. The molecule has 0 unspecified atom stereocenters. The van der Waals surface area contributed by atoms with Crippen LogP contribution in [0.25, 0.3) is 20.8 Å². The van der Waals surface area contributed by atoms with E-state index in [1.807, 2.05) is 68.3 Å². The van der Waals surface area contributed by atoms with Gasteiger partial charge < -0.3 is 15.1 Å². The minimum absolute atomic E-state index is 0.0417. The molecule has 2 saturated heterocycles. The molecule has 39 heavy (non-hydrogen) atoms. The summed E-state index contributed by atoms with van der Waals surface area (Å²) in [5.74, 6) is 2.25. The molecule has 3 aromatic heterocycles. The molecule has 0 saturated carbocycles. The standard InChI is InChI=1S/C29H34N8OS/c1-5-35(6-2)28(38)20-10-8-9-19(12-20)27-32-23-14-25(30-15-24(23)39-27)33-26-11-18(4)31-29(34-26)37-17-21-13-22(37)16-36(21)7-3/h8-12,14-15,21-22H,5-7,13,16-17H2,1-4H3,(H,30,31,33,34)/t21-,22-/m0/s1. The number of carbonyl (C=O) groups excluding carboxylic acids is 1. The number of piperazine rings is 1. The van der Waals surface area contributed by atoms with Crippen LogP contribution in [0.15, 0.2) is 42.6 Å². The number of aryl methyl sites for hydroxylation is 1. The van der Waals surface area contributed by atoms with Gasteiger partial charge in [0.25, 0.3) is 5.91 Å². The number of amides is 1. The number of rotatable bonds is 8. The second kappa shape index (κ2) is 10.5. The Bertz CT molecular complexity index is 1520. The normalized spacial score (nSPS) is 18.7. The lowest BCUT2D eigenvalue weighted by atomic mass is 10.1. The van der Waals surface area contributed by atoms with Gasteiger partial charge in [0.15, 0.2) is 0 Å². The highest BCUT2D eigenvalue weighted by molar-refractivity contribution is 7.21. The maximum atomic E-state index is 12.9. The van der Waals surface area contributed by atoms with E-state index in [-0.39, 0.29) is 5.91 Å². The smallest absolute Gasteiger partial charge is 0.253 e. The summed E-state index contributed by atoms with van der Waals surface area (Å²) in [7, 11) is 0. The summed E-state index contributed by atoms with van der Waals surface area (Å²) in [5, 5.41) is 4.24. The number of nitrogens with zero attached hydrogens (tertiary/aromatic N) is 7. The fourth-order valence-corrected chi connectivity index (χ4v) is 6.67. The van der Waals surface area contributed by atoms with Crippen molar-refractivity contribution in [3.05, 3.63) is 53.9 Å². The van der Waals surface area contributed by atoms with Gasteiger partial charge in [0, 0.05) is 73.4 Å². The minimum Gasteiger partial charge on any atom is -0.339 e. The summed E-state index contributed by atoms with van der Waals surface area (Å²) in [4.78, 5) is 38.7. The Morgan fingerprint density at radius 1 is 1.05 bits per heavy atom. The predicted octanol–water partition coefficient (Wildman–Crippen LogP) is 4.97. The first kappa shape index (κ1) is 25.6. The number of hydrogen-bond acceptors (Lipinski definition) is 9. The van der Waals surface area contributed by atoms with E-state index in [1.54, 1.807) is 11.3 Å². The summed E-state index contributed by atoms with van der Waals surface area (Å²) >= 11 is 1.57. The van der Waals surface area contributed by atoms with Crippen molar-refractivity contribution in [1.82, 2.24) is 29.7 Å². The summed E-state index contributed by atoms with van der Waals surface area (Å²) in [6.07, 6.45) is 3.03. The van der Waals surface area contributed by atoms with E-state index >= 15 is 0 Å². The Morgan fingerprint density at radius 2 is 1.90 bits per heavy atom. The van der Waals surface area contributed by atoms with Gasteiger partial charge in [-0.15, -0.1) is 11.3 Å². The number of likely N-dealkylation sites (tertiary alicyclic amines) is 1. The Kier molecular flexibility index (Phi) is 6.90. The van der Waals surface area contributed by atoms with Gasteiger partial charge in [-0.25, -0.2) is 15.0 Å². The van der Waals surface area contributed by atoms with E-state index in [2.05, 4.69) is 27.0 Å². The number of aromatic nitrogens is 4. The van der Waals surface area contributed by atoms with Crippen LogP contribution < -0.4 is 10.2 Å². The van der Waals surface area contributed by atoms with E-state index in [4.69, 9.17) is 15.0 Å². The molecule has 4 aromatic rings. The maximum absolute atomic E-state index is 12.9. The van der Waals surface area contributed by atoms with Gasteiger partial charge in [0.1, 0.15) is 16.6 Å². The SMILES string of the molecule is CCN(CC)C(=O)c1cccc(-c2nc3cc(Nc4cc(C)nc(N5C[C@@H]6C[C@H]5CN6CC)n4)ncc3s2)c1. The molecular weight excluding hydrogens is 508 g/mol. The molecule has 9 nitrogen and oxygen atoms in total. The molecule has 0 aliphatic carbocycles. The topological polar surface area (TPSA) is 90.4 Å². The second-order valence-corrected chi connectivity index (χ2v) is 11.2. The van der Waals surface area contributed by atoms with Crippen molar-refractivity contribution < 1.29 is 4.79 Å². The monoisotopic (exact) mass is 542 g/mol. The summed E-state index contributed by atoms with van der Waals surface area (Å²) in [5.41, 5.74) is 3.39. The summed E-state index contributed by atoms with van der Waals surface area (Å²) in [6, 6.07) is 12.7. The van der Waals surface area contributed by atoms with Crippen LogP contribution in [0.3, 0.4) is 0 Å². The lowest BCUT2D eigenvalue weighted by Crippen LogP contribution is -2.46. The van der Waals surface area contributed by atoms with Crippen LogP contribution >= 0.6 is 11.3 Å². The molecule has 5 heterocycles. The van der Waals surface area contributed by atoms with Gasteiger partial charge >= 0.3 is 0 Å². The Labute approximate surface area is 232 Å². The first-order valence-corrected chi connectivity index (χ1v) is 14.6. The van der Waals surface area contributed by atoms with Gasteiger partial charge in [0.05, 0.1) is 10.2 Å². The molecule has 202 valence electrons. The summed E-state index contributed by atoms with van der Waals surface area (Å²) < 4.78 is 0.990. The molecule has 2 aliphatic rings. The van der Waals surface area contributed by atoms with Crippen molar-refractivity contribution in [1.29, 1.82) is 0 Å². The number of hydrogen-bond donors (Lipinski definition) is 1. The first-order valence-electron chi connectivity index (χ1n) is 13.7. The third-order valence-electron chi connectivity index (χ3n) is 7.80. The van der Waals surface area contributed by atoms with Gasteiger partial charge in [-0.1, -0.05) is 19.1 Å². The molecule has 2 aliphatic heterocycles. The number of nitrogens with one attached hydrogen (secondary N) is 1. The zero-order valence-electron chi connectivity index (χ0n) is 22.9. The third-order valence-corrected chi connectivity index (χ3v) is 8.85. The lowest BCUT2D eigenvalue weighted by Gasteiger charge is -2.33. The quantitative estimate of drug-likeness (QED) is 0.334.